The fourth-order valence-corrected chi connectivity index (χ4v) is 3.33. The highest BCUT2D eigenvalue weighted by molar-refractivity contribution is 6.01. The van der Waals surface area contributed by atoms with E-state index in [1.54, 1.807) is 24.7 Å². The number of carbonyl (C=O) groups excluding carboxylic acids is 1. The fraction of sp³-hybridized carbons (Fsp3) is 0.0455. The summed E-state index contributed by atoms with van der Waals surface area (Å²) in [5.41, 5.74) is 5.16. The van der Waals surface area contributed by atoms with Gasteiger partial charge in [-0.15, -0.1) is 0 Å². The molecule has 0 fully saturated rings. The topological polar surface area (TPSA) is 110 Å². The molecule has 0 spiro atoms. The maximum Gasteiger partial charge on any atom is 0.233 e. The number of aromatic amines is 1. The summed E-state index contributed by atoms with van der Waals surface area (Å²) in [6, 6.07) is 15.0. The molecule has 0 radical (unpaired) electrons. The van der Waals surface area contributed by atoms with Gasteiger partial charge in [-0.2, -0.15) is 0 Å². The summed E-state index contributed by atoms with van der Waals surface area (Å²) in [4.78, 5) is 29.0. The second kappa shape index (κ2) is 7.59. The van der Waals surface area contributed by atoms with Crippen molar-refractivity contribution in [1.29, 1.82) is 0 Å². The normalized spacial score (nSPS) is 10.9. The molecule has 1 amide bonds. The number of aromatic nitrogens is 5. The van der Waals surface area contributed by atoms with E-state index in [0.717, 1.165) is 33.5 Å². The Morgan fingerprint density at radius 3 is 2.73 bits per heavy atom. The minimum atomic E-state index is -0.236. The van der Waals surface area contributed by atoms with Crippen LogP contribution >= 0.6 is 0 Å². The zero-order valence-electron chi connectivity index (χ0n) is 15.7. The molecule has 5 rings (SSSR count). The number of hydrogen-bond donors (Lipinski definition) is 2. The molecular formula is C22H16N6O2. The number of nitrogens with zero attached hydrogens (tertiary/aromatic N) is 4. The first-order chi connectivity index (χ1) is 14.8. The second-order valence-corrected chi connectivity index (χ2v) is 6.62. The Bertz CT molecular complexity index is 1310. The monoisotopic (exact) mass is 396 g/mol. The highest BCUT2D eigenvalue weighted by Gasteiger charge is 2.17. The standard InChI is InChI=1S/C22H16N6O2/c29-19(13-15-7-11-26-30-15)28-18-12-14(6-10-24-18)21-20(16-4-1-2-8-23-16)22-17(27-21)5-3-9-25-22/h1-12,27H,13H2,(H,24,28,29). The zero-order chi connectivity index (χ0) is 20.3. The molecule has 0 bridgehead atoms. The Hall–Kier alpha value is -4.33. The summed E-state index contributed by atoms with van der Waals surface area (Å²) < 4.78 is 4.98. The summed E-state index contributed by atoms with van der Waals surface area (Å²) in [5, 5.41) is 6.41. The highest BCUT2D eigenvalue weighted by Crippen LogP contribution is 2.36. The molecule has 0 unspecified atom stereocenters. The quantitative estimate of drug-likeness (QED) is 0.467. The molecule has 2 N–H and O–H groups in total. The smallest absolute Gasteiger partial charge is 0.233 e. The van der Waals surface area contributed by atoms with E-state index >= 15 is 0 Å². The van der Waals surface area contributed by atoms with Crippen molar-refractivity contribution in [1.82, 2.24) is 25.1 Å². The molecule has 0 aliphatic heterocycles. The summed E-state index contributed by atoms with van der Waals surface area (Å²) >= 11 is 0. The van der Waals surface area contributed by atoms with Gasteiger partial charge in [0, 0.05) is 30.2 Å². The predicted octanol–water partition coefficient (Wildman–Crippen LogP) is 3.86. The predicted molar refractivity (Wildman–Crippen MR) is 111 cm³/mol. The van der Waals surface area contributed by atoms with Crippen molar-refractivity contribution >= 4 is 22.8 Å². The molecule has 146 valence electrons. The Kier molecular flexibility index (Phi) is 4.49. The van der Waals surface area contributed by atoms with Crippen molar-refractivity contribution in [2.24, 2.45) is 0 Å². The Labute approximate surface area is 171 Å². The molecule has 30 heavy (non-hydrogen) atoms. The van der Waals surface area contributed by atoms with E-state index in [0.29, 0.717) is 11.6 Å². The highest BCUT2D eigenvalue weighted by atomic mass is 16.5. The Morgan fingerprint density at radius 2 is 1.90 bits per heavy atom. The third-order valence-electron chi connectivity index (χ3n) is 4.62. The Morgan fingerprint density at radius 1 is 0.967 bits per heavy atom. The number of fused-ring (bicyclic) bond motifs is 1. The molecule has 0 aliphatic carbocycles. The van der Waals surface area contributed by atoms with Gasteiger partial charge in [0.25, 0.3) is 0 Å². The van der Waals surface area contributed by atoms with Crippen LogP contribution in [-0.2, 0) is 11.2 Å². The van der Waals surface area contributed by atoms with Gasteiger partial charge in [0.15, 0.2) is 0 Å². The van der Waals surface area contributed by atoms with Gasteiger partial charge in [-0.05, 0) is 36.4 Å². The van der Waals surface area contributed by atoms with Crippen molar-refractivity contribution in [3.8, 4) is 22.5 Å². The molecule has 8 heteroatoms. The van der Waals surface area contributed by atoms with E-state index in [-0.39, 0.29) is 12.3 Å². The molecule has 0 aromatic carbocycles. The second-order valence-electron chi connectivity index (χ2n) is 6.62. The maximum atomic E-state index is 12.3. The lowest BCUT2D eigenvalue weighted by Crippen LogP contribution is -2.15. The van der Waals surface area contributed by atoms with Crippen LogP contribution in [0, 0.1) is 0 Å². The van der Waals surface area contributed by atoms with Crippen molar-refractivity contribution in [3.05, 3.63) is 79.1 Å². The van der Waals surface area contributed by atoms with Crippen molar-refractivity contribution in [3.63, 3.8) is 0 Å². The number of nitrogens with one attached hydrogen (secondary N) is 2. The lowest BCUT2D eigenvalue weighted by molar-refractivity contribution is -0.115. The fourth-order valence-electron chi connectivity index (χ4n) is 3.33. The van der Waals surface area contributed by atoms with Crippen LogP contribution in [0.25, 0.3) is 33.5 Å². The molecule has 0 atom stereocenters. The SMILES string of the molecule is O=C(Cc1ccno1)Nc1cc(-c2[nH]c3cccnc3c2-c2ccccn2)ccn1. The van der Waals surface area contributed by atoms with E-state index in [9.17, 15) is 4.79 Å². The van der Waals surface area contributed by atoms with Crippen molar-refractivity contribution in [2.75, 3.05) is 5.32 Å². The maximum absolute atomic E-state index is 12.3. The van der Waals surface area contributed by atoms with Gasteiger partial charge in [-0.1, -0.05) is 11.2 Å². The largest absolute Gasteiger partial charge is 0.361 e. The van der Waals surface area contributed by atoms with Crippen LogP contribution in [0.5, 0.6) is 0 Å². The zero-order valence-corrected chi connectivity index (χ0v) is 15.7. The van der Waals surface area contributed by atoms with E-state index in [4.69, 9.17) is 4.52 Å². The summed E-state index contributed by atoms with van der Waals surface area (Å²) in [7, 11) is 0. The van der Waals surface area contributed by atoms with Crippen LogP contribution in [0.3, 0.4) is 0 Å². The van der Waals surface area contributed by atoms with Crippen LogP contribution in [-0.4, -0.2) is 31.0 Å². The number of pyridine rings is 3. The molecule has 8 nitrogen and oxygen atoms in total. The summed E-state index contributed by atoms with van der Waals surface area (Å²) in [6.07, 6.45) is 6.75. The number of anilines is 1. The molecule has 0 saturated heterocycles. The van der Waals surface area contributed by atoms with Crippen LogP contribution in [0.15, 0.2) is 77.8 Å². The van der Waals surface area contributed by atoms with E-state index in [2.05, 4.69) is 30.4 Å². The van der Waals surface area contributed by atoms with Crippen LogP contribution in [0.2, 0.25) is 0 Å². The number of H-pyrrole nitrogens is 1. The summed E-state index contributed by atoms with van der Waals surface area (Å²) in [5.74, 6) is 0.693. The first-order valence-electron chi connectivity index (χ1n) is 9.32. The third-order valence-corrected chi connectivity index (χ3v) is 4.62. The van der Waals surface area contributed by atoms with Crippen molar-refractivity contribution < 1.29 is 9.32 Å². The van der Waals surface area contributed by atoms with E-state index in [1.807, 2.05) is 42.5 Å². The number of hydrogen-bond acceptors (Lipinski definition) is 6. The van der Waals surface area contributed by atoms with Gasteiger partial charge < -0.3 is 14.8 Å². The van der Waals surface area contributed by atoms with Crippen LogP contribution < -0.4 is 5.32 Å². The molecule has 0 saturated carbocycles. The van der Waals surface area contributed by atoms with Crippen LogP contribution in [0.4, 0.5) is 5.82 Å². The molecule has 5 aromatic heterocycles. The number of carbonyl (C=O) groups is 1. The lowest BCUT2D eigenvalue weighted by atomic mass is 10.0. The average Bonchev–Trinajstić information content (AvgIpc) is 3.42. The van der Waals surface area contributed by atoms with E-state index in [1.165, 1.54) is 6.20 Å². The molecule has 5 aromatic rings. The van der Waals surface area contributed by atoms with Gasteiger partial charge in [-0.3, -0.25) is 14.8 Å². The van der Waals surface area contributed by atoms with E-state index < -0.39 is 0 Å². The third kappa shape index (κ3) is 3.42. The molecule has 0 aliphatic rings. The number of amides is 1. The van der Waals surface area contributed by atoms with Gasteiger partial charge in [0.1, 0.15) is 11.6 Å². The molecular weight excluding hydrogens is 380 g/mol. The minimum Gasteiger partial charge on any atom is -0.361 e. The first kappa shape index (κ1) is 17.7. The lowest BCUT2D eigenvalue weighted by Gasteiger charge is -2.07. The van der Waals surface area contributed by atoms with Gasteiger partial charge >= 0.3 is 0 Å². The van der Waals surface area contributed by atoms with Gasteiger partial charge in [0.05, 0.1) is 40.6 Å². The minimum absolute atomic E-state index is 0.0847. The van der Waals surface area contributed by atoms with Crippen molar-refractivity contribution in [2.45, 2.75) is 6.42 Å². The van der Waals surface area contributed by atoms with Crippen LogP contribution in [0.1, 0.15) is 5.76 Å². The summed E-state index contributed by atoms with van der Waals surface area (Å²) in [6.45, 7) is 0. The van der Waals surface area contributed by atoms with Gasteiger partial charge in [0.2, 0.25) is 5.91 Å². The number of rotatable bonds is 5. The average molecular weight is 396 g/mol. The Balaban J connectivity index is 1.53. The van der Waals surface area contributed by atoms with Gasteiger partial charge in [-0.25, -0.2) is 4.98 Å². The first-order valence-corrected chi connectivity index (χ1v) is 9.32. The molecule has 5 heterocycles.